The second-order valence-corrected chi connectivity index (χ2v) is 8.14. The van der Waals surface area contributed by atoms with Crippen LogP contribution in [0.1, 0.15) is 49.8 Å². The average molecular weight is 366 g/mol. The number of β-amino-alcohol motifs (C(OH)–C–C–N with tert-alkyl or cyclic N) is 1. The van der Waals surface area contributed by atoms with Crippen molar-refractivity contribution in [2.75, 3.05) is 26.2 Å². The van der Waals surface area contributed by atoms with Crippen LogP contribution in [0.15, 0.2) is 54.6 Å². The highest BCUT2D eigenvalue weighted by Gasteiger charge is 2.47. The molecular weight excluding hydrogens is 334 g/mol. The van der Waals surface area contributed by atoms with E-state index in [-0.39, 0.29) is 0 Å². The molecular formula is C24H31NO2. The second kappa shape index (κ2) is 8.04. The van der Waals surface area contributed by atoms with Crippen LogP contribution in [0.4, 0.5) is 0 Å². The molecule has 3 unspecified atom stereocenters. The summed E-state index contributed by atoms with van der Waals surface area (Å²) in [4.78, 5) is 2.47. The number of rotatable bonds is 6. The third-order valence-corrected chi connectivity index (χ3v) is 6.65. The molecule has 2 aliphatic rings. The van der Waals surface area contributed by atoms with Gasteiger partial charge in [0.1, 0.15) is 5.75 Å². The predicted molar refractivity (Wildman–Crippen MR) is 109 cm³/mol. The summed E-state index contributed by atoms with van der Waals surface area (Å²) in [6.45, 7) is 5.63. The first kappa shape index (κ1) is 18.5. The van der Waals surface area contributed by atoms with Crippen molar-refractivity contribution in [3.63, 3.8) is 0 Å². The predicted octanol–water partition coefficient (Wildman–Crippen LogP) is 4.56. The molecule has 1 aliphatic carbocycles. The van der Waals surface area contributed by atoms with E-state index in [1.807, 2.05) is 37.3 Å². The Morgan fingerprint density at radius 3 is 2.81 bits per heavy atom. The lowest BCUT2D eigenvalue weighted by atomic mass is 9.67. The van der Waals surface area contributed by atoms with E-state index in [0.717, 1.165) is 30.9 Å². The molecule has 4 rings (SSSR count). The molecule has 1 saturated heterocycles. The number of ether oxygens (including phenoxy) is 1. The van der Waals surface area contributed by atoms with Crippen LogP contribution in [0.25, 0.3) is 0 Å². The minimum Gasteiger partial charge on any atom is -0.494 e. The van der Waals surface area contributed by atoms with Crippen LogP contribution in [0.5, 0.6) is 5.75 Å². The van der Waals surface area contributed by atoms with Crippen LogP contribution in [-0.2, 0) is 5.41 Å². The SMILES string of the molecule is CCOc1cccc(C23CCCC2CN(CC(O)c2ccccc2)CC3)c1. The number of nitrogens with zero attached hydrogens (tertiary/aromatic N) is 1. The van der Waals surface area contributed by atoms with Crippen molar-refractivity contribution in [2.45, 2.75) is 44.1 Å². The zero-order valence-electron chi connectivity index (χ0n) is 16.3. The standard InChI is InChI=1S/C24H31NO2/c1-2-27-22-12-6-10-20(16-22)24-13-7-11-21(24)17-25(15-14-24)18-23(26)19-8-4-3-5-9-19/h3-6,8-10,12,16,21,23,26H,2,7,11,13-15,17-18H2,1H3. The maximum absolute atomic E-state index is 10.6. The Morgan fingerprint density at radius 1 is 1.15 bits per heavy atom. The Labute approximate surface area is 163 Å². The van der Waals surface area contributed by atoms with Gasteiger partial charge in [0, 0.05) is 18.5 Å². The molecule has 0 spiro atoms. The fourth-order valence-corrected chi connectivity index (χ4v) is 5.28. The molecule has 3 heteroatoms. The van der Waals surface area contributed by atoms with Gasteiger partial charge in [0.2, 0.25) is 0 Å². The lowest BCUT2D eigenvalue weighted by Gasteiger charge is -2.45. The van der Waals surface area contributed by atoms with Crippen molar-refractivity contribution in [1.29, 1.82) is 0 Å². The Kier molecular flexibility index (Phi) is 5.51. The first-order chi connectivity index (χ1) is 13.2. The van der Waals surface area contributed by atoms with E-state index in [1.54, 1.807) is 0 Å². The molecule has 0 radical (unpaired) electrons. The Hall–Kier alpha value is -1.84. The maximum atomic E-state index is 10.6. The zero-order chi connectivity index (χ0) is 18.7. The fourth-order valence-electron chi connectivity index (χ4n) is 5.28. The molecule has 3 atom stereocenters. The Morgan fingerprint density at radius 2 is 2.00 bits per heavy atom. The van der Waals surface area contributed by atoms with Crippen LogP contribution in [0.2, 0.25) is 0 Å². The second-order valence-electron chi connectivity index (χ2n) is 8.14. The molecule has 0 bridgehead atoms. The first-order valence-corrected chi connectivity index (χ1v) is 10.4. The van der Waals surface area contributed by atoms with Gasteiger partial charge >= 0.3 is 0 Å². The summed E-state index contributed by atoms with van der Waals surface area (Å²) < 4.78 is 5.76. The number of hydrogen-bond acceptors (Lipinski definition) is 3. The van der Waals surface area contributed by atoms with Crippen molar-refractivity contribution in [2.24, 2.45) is 5.92 Å². The van der Waals surface area contributed by atoms with Crippen molar-refractivity contribution in [3.05, 3.63) is 65.7 Å². The minimum absolute atomic E-state index is 0.293. The quantitative estimate of drug-likeness (QED) is 0.814. The van der Waals surface area contributed by atoms with Crippen LogP contribution in [0, 0.1) is 5.92 Å². The normalized spacial score (nSPS) is 26.5. The summed E-state index contributed by atoms with van der Waals surface area (Å²) in [6, 6.07) is 18.8. The van der Waals surface area contributed by atoms with Gasteiger partial charge in [-0.15, -0.1) is 0 Å². The van der Waals surface area contributed by atoms with Gasteiger partial charge < -0.3 is 14.7 Å². The van der Waals surface area contributed by atoms with Crippen LogP contribution in [0.3, 0.4) is 0 Å². The molecule has 1 N–H and O–H groups in total. The minimum atomic E-state index is -0.401. The van der Waals surface area contributed by atoms with Crippen molar-refractivity contribution >= 4 is 0 Å². The number of aliphatic hydroxyl groups excluding tert-OH is 1. The number of likely N-dealkylation sites (tertiary alicyclic amines) is 1. The summed E-state index contributed by atoms with van der Waals surface area (Å²) in [5.74, 6) is 1.67. The topological polar surface area (TPSA) is 32.7 Å². The Balaban J connectivity index is 1.47. The number of hydrogen-bond donors (Lipinski definition) is 1. The molecule has 1 saturated carbocycles. The largest absolute Gasteiger partial charge is 0.494 e. The van der Waals surface area contributed by atoms with Crippen molar-refractivity contribution in [1.82, 2.24) is 4.90 Å². The van der Waals surface area contributed by atoms with Gasteiger partial charge in [0.05, 0.1) is 12.7 Å². The third kappa shape index (κ3) is 3.76. The van der Waals surface area contributed by atoms with Gasteiger partial charge in [0.15, 0.2) is 0 Å². The van der Waals surface area contributed by atoms with E-state index >= 15 is 0 Å². The van der Waals surface area contributed by atoms with E-state index in [4.69, 9.17) is 4.74 Å². The highest BCUT2D eigenvalue weighted by atomic mass is 16.5. The van der Waals surface area contributed by atoms with E-state index in [2.05, 4.69) is 29.2 Å². The molecule has 0 amide bonds. The van der Waals surface area contributed by atoms with Gasteiger partial charge in [0.25, 0.3) is 0 Å². The first-order valence-electron chi connectivity index (χ1n) is 10.4. The summed E-state index contributed by atoms with van der Waals surface area (Å²) in [6.07, 6.45) is 4.65. The van der Waals surface area contributed by atoms with Crippen molar-refractivity contribution in [3.8, 4) is 5.75 Å². The van der Waals surface area contributed by atoms with Gasteiger partial charge in [-0.25, -0.2) is 0 Å². The number of piperidine rings is 1. The fraction of sp³-hybridized carbons (Fsp3) is 0.500. The van der Waals surface area contributed by atoms with Gasteiger partial charge in [-0.05, 0) is 61.9 Å². The van der Waals surface area contributed by atoms with Gasteiger partial charge in [-0.3, -0.25) is 0 Å². The van der Waals surface area contributed by atoms with E-state index < -0.39 is 6.10 Å². The molecule has 2 aromatic carbocycles. The third-order valence-electron chi connectivity index (χ3n) is 6.65. The number of benzene rings is 2. The van der Waals surface area contributed by atoms with Crippen molar-refractivity contribution < 1.29 is 9.84 Å². The summed E-state index contributed by atoms with van der Waals surface area (Å²) in [5.41, 5.74) is 2.77. The number of fused-ring (bicyclic) bond motifs is 1. The van der Waals surface area contributed by atoms with E-state index in [0.29, 0.717) is 17.9 Å². The van der Waals surface area contributed by atoms with Gasteiger partial charge in [-0.2, -0.15) is 0 Å². The van der Waals surface area contributed by atoms with Gasteiger partial charge in [-0.1, -0.05) is 48.9 Å². The number of aliphatic hydroxyl groups is 1. The molecule has 3 nitrogen and oxygen atoms in total. The molecule has 27 heavy (non-hydrogen) atoms. The lowest BCUT2D eigenvalue weighted by molar-refractivity contribution is 0.0579. The smallest absolute Gasteiger partial charge is 0.119 e. The maximum Gasteiger partial charge on any atom is 0.119 e. The van der Waals surface area contributed by atoms with E-state index in [9.17, 15) is 5.11 Å². The zero-order valence-corrected chi connectivity index (χ0v) is 16.3. The monoisotopic (exact) mass is 365 g/mol. The Bertz CT molecular complexity index is 747. The molecule has 144 valence electrons. The highest BCUT2D eigenvalue weighted by Crippen LogP contribution is 2.51. The summed E-state index contributed by atoms with van der Waals surface area (Å²) in [5, 5.41) is 10.6. The van der Waals surface area contributed by atoms with Crippen LogP contribution >= 0.6 is 0 Å². The van der Waals surface area contributed by atoms with E-state index in [1.165, 1.54) is 31.2 Å². The molecule has 1 aliphatic heterocycles. The van der Waals surface area contributed by atoms with Crippen LogP contribution in [-0.4, -0.2) is 36.2 Å². The average Bonchev–Trinajstić information content (AvgIpc) is 3.14. The molecule has 2 fully saturated rings. The molecule has 1 heterocycles. The summed E-state index contributed by atoms with van der Waals surface area (Å²) >= 11 is 0. The summed E-state index contributed by atoms with van der Waals surface area (Å²) in [7, 11) is 0. The molecule has 0 aromatic heterocycles. The highest BCUT2D eigenvalue weighted by molar-refractivity contribution is 5.36. The van der Waals surface area contributed by atoms with Crippen LogP contribution < -0.4 is 4.74 Å². The lowest BCUT2D eigenvalue weighted by Crippen LogP contribution is -2.48. The molecule has 2 aromatic rings.